The SMILES string of the molecule is CC(=O)OCC1O[C@@H](OP(=O)(CP(=O)(OCc2ccccc2)OCc2ccccc2)OCc2ccccc2)C(OC(C)=O)C(OC(C)=O)[C@@H]1O. The van der Waals surface area contributed by atoms with Crippen molar-refractivity contribution in [1.82, 2.24) is 0 Å². The van der Waals surface area contributed by atoms with Gasteiger partial charge in [-0.05, 0) is 16.7 Å². The number of ether oxygens (including phenoxy) is 4. The van der Waals surface area contributed by atoms with Crippen LogP contribution in [0.5, 0.6) is 0 Å². The van der Waals surface area contributed by atoms with E-state index in [-0.39, 0.29) is 19.8 Å². The van der Waals surface area contributed by atoms with E-state index in [9.17, 15) is 28.6 Å². The summed E-state index contributed by atoms with van der Waals surface area (Å²) in [6, 6.07) is 26.3. The molecule has 1 aliphatic heterocycles. The van der Waals surface area contributed by atoms with Crippen LogP contribution >= 0.6 is 15.2 Å². The summed E-state index contributed by atoms with van der Waals surface area (Å²) >= 11 is 0. The van der Waals surface area contributed by atoms with Crippen LogP contribution in [0.15, 0.2) is 91.0 Å². The highest BCUT2D eigenvalue weighted by atomic mass is 31.2. The Morgan fingerprint density at radius 1 is 0.640 bits per heavy atom. The Labute approximate surface area is 289 Å². The van der Waals surface area contributed by atoms with Crippen molar-refractivity contribution in [3.8, 4) is 0 Å². The minimum absolute atomic E-state index is 0.188. The van der Waals surface area contributed by atoms with Gasteiger partial charge in [0.15, 0.2) is 18.1 Å². The van der Waals surface area contributed by atoms with Crippen LogP contribution in [0.2, 0.25) is 0 Å². The lowest BCUT2D eigenvalue weighted by molar-refractivity contribution is -0.287. The van der Waals surface area contributed by atoms with Gasteiger partial charge in [-0.3, -0.25) is 28.0 Å². The summed E-state index contributed by atoms with van der Waals surface area (Å²) in [4.78, 5) is 35.9. The second-order valence-corrected chi connectivity index (χ2v) is 15.8. The van der Waals surface area contributed by atoms with Crippen LogP contribution in [0.4, 0.5) is 0 Å². The summed E-state index contributed by atoms with van der Waals surface area (Å²) < 4.78 is 74.5. The van der Waals surface area contributed by atoms with Crippen molar-refractivity contribution in [2.75, 3.05) is 12.5 Å². The number of esters is 3. The highest BCUT2D eigenvalue weighted by Crippen LogP contribution is 2.66. The molecule has 0 radical (unpaired) electrons. The molecule has 0 aliphatic carbocycles. The quantitative estimate of drug-likeness (QED) is 0.104. The van der Waals surface area contributed by atoms with Crippen molar-refractivity contribution in [1.29, 1.82) is 0 Å². The average molecular weight is 735 g/mol. The Morgan fingerprint density at radius 3 is 1.48 bits per heavy atom. The van der Waals surface area contributed by atoms with E-state index in [4.69, 9.17) is 37.0 Å². The first-order chi connectivity index (χ1) is 23.8. The van der Waals surface area contributed by atoms with Crippen LogP contribution in [-0.4, -0.2) is 66.2 Å². The Kier molecular flexibility index (Phi) is 14.5. The number of aliphatic hydroxyl groups is 1. The number of hydrogen-bond donors (Lipinski definition) is 1. The van der Waals surface area contributed by atoms with E-state index in [1.165, 1.54) is 0 Å². The van der Waals surface area contributed by atoms with Gasteiger partial charge in [-0.15, -0.1) is 0 Å². The molecular formula is C34H40O14P2. The molecule has 14 nitrogen and oxygen atoms in total. The molecule has 50 heavy (non-hydrogen) atoms. The highest BCUT2D eigenvalue weighted by molar-refractivity contribution is 7.71. The fourth-order valence-corrected chi connectivity index (χ4v) is 9.39. The predicted molar refractivity (Wildman–Crippen MR) is 177 cm³/mol. The van der Waals surface area contributed by atoms with Gasteiger partial charge in [0, 0.05) is 20.8 Å². The average Bonchev–Trinajstić information content (AvgIpc) is 3.09. The molecule has 270 valence electrons. The largest absolute Gasteiger partial charge is 0.463 e. The van der Waals surface area contributed by atoms with E-state index >= 15 is 0 Å². The number of carbonyl (C=O) groups excluding carboxylic acids is 3. The monoisotopic (exact) mass is 734 g/mol. The Bertz CT molecular complexity index is 1590. The fraction of sp³-hybridized carbons (Fsp3) is 0.382. The van der Waals surface area contributed by atoms with E-state index in [1.54, 1.807) is 91.0 Å². The van der Waals surface area contributed by atoms with Crippen LogP contribution < -0.4 is 0 Å². The van der Waals surface area contributed by atoms with Gasteiger partial charge in [0.1, 0.15) is 18.8 Å². The zero-order valence-corrected chi connectivity index (χ0v) is 29.5. The Morgan fingerprint density at radius 2 is 1.06 bits per heavy atom. The van der Waals surface area contributed by atoms with E-state index < -0.39 is 76.3 Å². The maximum absolute atomic E-state index is 14.9. The Hall–Kier alpha value is -3.71. The minimum atomic E-state index is -4.70. The second-order valence-electron chi connectivity index (χ2n) is 11.2. The van der Waals surface area contributed by atoms with Crippen molar-refractivity contribution in [3.63, 3.8) is 0 Å². The van der Waals surface area contributed by atoms with Crippen LogP contribution in [0.3, 0.4) is 0 Å². The number of benzene rings is 3. The first-order valence-corrected chi connectivity index (χ1v) is 19.0. The van der Waals surface area contributed by atoms with Gasteiger partial charge in [0.2, 0.25) is 6.29 Å². The highest BCUT2D eigenvalue weighted by Gasteiger charge is 2.53. The lowest BCUT2D eigenvalue weighted by atomic mass is 9.98. The molecule has 1 saturated heterocycles. The molecule has 0 aromatic heterocycles. The third-order valence-corrected chi connectivity index (χ3v) is 12.0. The molecule has 4 rings (SSSR count). The van der Waals surface area contributed by atoms with Gasteiger partial charge < -0.3 is 37.6 Å². The normalized spacial score (nSPS) is 21.8. The van der Waals surface area contributed by atoms with Gasteiger partial charge >= 0.3 is 33.1 Å². The van der Waals surface area contributed by atoms with Gasteiger partial charge in [-0.25, -0.2) is 0 Å². The number of carbonyl (C=O) groups is 3. The number of hydrogen-bond acceptors (Lipinski definition) is 14. The number of aliphatic hydroxyl groups excluding tert-OH is 1. The van der Waals surface area contributed by atoms with Crippen LogP contribution in [0.25, 0.3) is 0 Å². The van der Waals surface area contributed by atoms with Crippen molar-refractivity contribution in [2.45, 2.75) is 71.3 Å². The van der Waals surface area contributed by atoms with Gasteiger partial charge in [-0.2, -0.15) is 0 Å². The van der Waals surface area contributed by atoms with E-state index in [1.807, 2.05) is 0 Å². The summed E-state index contributed by atoms with van der Waals surface area (Å²) in [5.74, 6) is -3.41. The molecule has 3 aromatic carbocycles. The Balaban J connectivity index is 1.71. The predicted octanol–water partition coefficient (Wildman–Crippen LogP) is 5.51. The fourth-order valence-electron chi connectivity index (χ4n) is 4.79. The zero-order chi connectivity index (χ0) is 36.1. The van der Waals surface area contributed by atoms with Crippen molar-refractivity contribution >= 4 is 33.1 Å². The lowest BCUT2D eigenvalue weighted by Crippen LogP contribution is -2.61. The van der Waals surface area contributed by atoms with E-state index in [2.05, 4.69) is 0 Å². The first kappa shape index (κ1) is 39.1. The van der Waals surface area contributed by atoms with Crippen LogP contribution in [0.1, 0.15) is 37.5 Å². The van der Waals surface area contributed by atoms with Crippen LogP contribution in [-0.2, 0) is 80.4 Å². The molecule has 0 bridgehead atoms. The summed E-state index contributed by atoms with van der Waals surface area (Å²) in [5, 5.41) is 11.1. The summed E-state index contributed by atoms with van der Waals surface area (Å²) in [6.07, 6.45) is -8.32. The molecule has 6 atom stereocenters. The second kappa shape index (κ2) is 18.5. The molecule has 16 heteroatoms. The molecule has 1 aliphatic rings. The van der Waals surface area contributed by atoms with Gasteiger partial charge in [-0.1, -0.05) is 91.0 Å². The van der Waals surface area contributed by atoms with Gasteiger partial charge in [0.05, 0.1) is 19.8 Å². The smallest absolute Gasteiger partial charge is 0.345 e. The van der Waals surface area contributed by atoms with Crippen LogP contribution in [0, 0.1) is 0 Å². The molecule has 3 aromatic rings. The topological polar surface area (TPSA) is 179 Å². The maximum atomic E-state index is 14.9. The third-order valence-electron chi connectivity index (χ3n) is 7.10. The molecule has 1 fully saturated rings. The standard InChI is InChI=1S/C34H40O14P2/c1-24(35)41-22-30-31(38)32(45-25(2)36)33(46-26(3)37)34(47-30)48-50(40,44-21-29-17-11-6-12-18-29)23-49(39,42-19-27-13-7-4-8-14-27)43-20-28-15-9-5-10-16-28/h4-18,30-34,38H,19-23H2,1-3H3/t30?,31-,32?,33?,34+,50?/m1/s1. The molecule has 0 spiro atoms. The van der Waals surface area contributed by atoms with Crippen molar-refractivity contribution in [2.24, 2.45) is 0 Å². The first-order valence-electron chi connectivity index (χ1n) is 15.6. The summed E-state index contributed by atoms with van der Waals surface area (Å²) in [5.41, 5.74) is 1.87. The molecule has 1 N–H and O–H groups in total. The molecule has 0 amide bonds. The molecule has 1 heterocycles. The molecular weight excluding hydrogens is 694 g/mol. The molecule has 4 unspecified atom stereocenters. The third kappa shape index (κ3) is 12.3. The van der Waals surface area contributed by atoms with Crippen molar-refractivity contribution in [3.05, 3.63) is 108 Å². The number of rotatable bonds is 17. The summed E-state index contributed by atoms with van der Waals surface area (Å²) in [7, 11) is -9.08. The van der Waals surface area contributed by atoms with Gasteiger partial charge in [0.25, 0.3) is 0 Å². The maximum Gasteiger partial charge on any atom is 0.345 e. The lowest BCUT2D eigenvalue weighted by Gasteiger charge is -2.43. The van der Waals surface area contributed by atoms with E-state index in [0.717, 1.165) is 20.8 Å². The molecule has 0 saturated carbocycles. The zero-order valence-electron chi connectivity index (χ0n) is 27.7. The van der Waals surface area contributed by atoms with E-state index in [0.29, 0.717) is 16.7 Å². The minimum Gasteiger partial charge on any atom is -0.463 e. The van der Waals surface area contributed by atoms with Crippen molar-refractivity contribution < 1.29 is 65.7 Å². The summed E-state index contributed by atoms with van der Waals surface area (Å²) in [6.45, 7) is 2.01.